The first-order valence-corrected chi connectivity index (χ1v) is 14.1. The number of nitrogens with zero attached hydrogens (tertiary/aromatic N) is 2. The summed E-state index contributed by atoms with van der Waals surface area (Å²) in [4.78, 5) is 29.2. The maximum Gasteiger partial charge on any atom is 0.411 e. The first-order chi connectivity index (χ1) is 18.4. The fourth-order valence-electron chi connectivity index (χ4n) is 5.92. The maximum atomic E-state index is 12.9. The number of amides is 1. The Morgan fingerprint density at radius 3 is 2.31 bits per heavy atom. The van der Waals surface area contributed by atoms with E-state index in [0.29, 0.717) is 28.8 Å². The van der Waals surface area contributed by atoms with Crippen molar-refractivity contribution in [2.24, 2.45) is 5.92 Å². The highest BCUT2D eigenvalue weighted by Gasteiger charge is 2.49. The van der Waals surface area contributed by atoms with Gasteiger partial charge in [-0.25, -0.2) is 4.79 Å². The third kappa shape index (κ3) is 5.71. The summed E-state index contributed by atoms with van der Waals surface area (Å²) < 4.78 is 11.8. The first kappa shape index (κ1) is 27.7. The number of anilines is 1. The minimum atomic E-state index is -0.933. The van der Waals surface area contributed by atoms with Crippen molar-refractivity contribution < 1.29 is 24.2 Å². The second kappa shape index (κ2) is 10.6. The van der Waals surface area contributed by atoms with Crippen LogP contribution in [-0.2, 0) is 9.53 Å². The molecule has 3 heterocycles. The molecule has 2 aromatic carbocycles. The minimum Gasteiger partial charge on any atom is -0.485 e. The summed E-state index contributed by atoms with van der Waals surface area (Å²) in [6.07, 6.45) is 3.62. The lowest BCUT2D eigenvalue weighted by molar-refractivity contribution is -0.141. The van der Waals surface area contributed by atoms with Crippen LogP contribution in [0.1, 0.15) is 51.2 Å². The van der Waals surface area contributed by atoms with Crippen molar-refractivity contribution >= 4 is 46.5 Å². The van der Waals surface area contributed by atoms with E-state index in [1.54, 1.807) is 4.90 Å². The van der Waals surface area contributed by atoms with Crippen LogP contribution >= 0.6 is 23.2 Å². The van der Waals surface area contributed by atoms with Crippen molar-refractivity contribution in [3.63, 3.8) is 0 Å². The van der Waals surface area contributed by atoms with E-state index in [0.717, 1.165) is 41.8 Å². The van der Waals surface area contributed by atoms with E-state index in [2.05, 4.69) is 4.90 Å². The molecule has 0 aliphatic carbocycles. The number of hydrogen-bond acceptors (Lipinski definition) is 5. The largest absolute Gasteiger partial charge is 0.485 e. The molecular formula is C30H34Cl2N2O5. The van der Waals surface area contributed by atoms with Crippen molar-refractivity contribution in [3.05, 3.63) is 63.6 Å². The molecule has 1 amide bonds. The van der Waals surface area contributed by atoms with Gasteiger partial charge in [-0.05, 0) is 81.5 Å². The van der Waals surface area contributed by atoms with Gasteiger partial charge >= 0.3 is 12.1 Å². The average molecular weight is 574 g/mol. The van der Waals surface area contributed by atoms with Gasteiger partial charge in [0.2, 0.25) is 0 Å². The lowest BCUT2D eigenvalue weighted by Gasteiger charge is -2.38. The molecule has 0 spiro atoms. The SMILES string of the molecule is Cc1cc(Cl)c(O[C@@H]2CCN(c3ccc(C4=C[C@@H]5CC[C@H](C4C(=O)O)N5C(=O)OC(C)(C)C)cc3)C2)c(Cl)c1. The Balaban J connectivity index is 1.31. The summed E-state index contributed by atoms with van der Waals surface area (Å²) in [7, 11) is 0. The average Bonchev–Trinajstić information content (AvgIpc) is 3.43. The smallest absolute Gasteiger partial charge is 0.411 e. The highest BCUT2D eigenvalue weighted by Crippen LogP contribution is 2.44. The van der Waals surface area contributed by atoms with E-state index < -0.39 is 29.6 Å². The number of ether oxygens (including phenoxy) is 2. The van der Waals surface area contributed by atoms with Gasteiger partial charge in [-0.1, -0.05) is 41.4 Å². The molecule has 208 valence electrons. The zero-order valence-electron chi connectivity index (χ0n) is 22.6. The summed E-state index contributed by atoms with van der Waals surface area (Å²) in [6, 6.07) is 11.1. The molecule has 5 rings (SSSR count). The standard InChI is InChI=1S/C30H34Cl2N2O5/c1-17-13-23(31)27(24(32)14-17)38-21-11-12-33(16-21)19-7-5-18(6-8-19)22-15-20-9-10-25(26(22)28(35)36)34(20)29(37)39-30(2,3)4/h5-8,13-15,20-21,25-26H,9-12,16H2,1-4H3,(H,35,36)/t20-,21+,25+,26?/m0/s1. The van der Waals surface area contributed by atoms with Crippen LogP contribution < -0.4 is 9.64 Å². The molecule has 3 aliphatic rings. The first-order valence-electron chi connectivity index (χ1n) is 13.3. The van der Waals surface area contributed by atoms with Crippen LogP contribution in [0.15, 0.2) is 42.5 Å². The molecule has 0 saturated carbocycles. The van der Waals surface area contributed by atoms with Crippen molar-refractivity contribution in [3.8, 4) is 5.75 Å². The molecule has 2 saturated heterocycles. The van der Waals surface area contributed by atoms with Crippen molar-refractivity contribution in [1.29, 1.82) is 0 Å². The van der Waals surface area contributed by atoms with Gasteiger partial charge < -0.3 is 19.5 Å². The molecule has 2 aromatic rings. The van der Waals surface area contributed by atoms with Crippen LogP contribution in [0.25, 0.3) is 5.57 Å². The van der Waals surface area contributed by atoms with Gasteiger partial charge in [0.15, 0.2) is 5.75 Å². The van der Waals surface area contributed by atoms with Gasteiger partial charge in [0.05, 0.1) is 28.7 Å². The Morgan fingerprint density at radius 1 is 1.03 bits per heavy atom. The van der Waals surface area contributed by atoms with E-state index in [4.69, 9.17) is 32.7 Å². The van der Waals surface area contributed by atoms with Crippen molar-refractivity contribution in [2.45, 2.75) is 70.7 Å². The Bertz CT molecular complexity index is 1280. The molecule has 0 radical (unpaired) electrons. The third-order valence-corrected chi connectivity index (χ3v) is 8.13. The van der Waals surface area contributed by atoms with Crippen LogP contribution in [-0.4, -0.2) is 58.9 Å². The van der Waals surface area contributed by atoms with E-state index in [-0.39, 0.29) is 12.1 Å². The molecular weight excluding hydrogens is 539 g/mol. The van der Waals surface area contributed by atoms with Crippen LogP contribution in [0.3, 0.4) is 0 Å². The summed E-state index contributed by atoms with van der Waals surface area (Å²) in [5.41, 5.74) is 2.99. The minimum absolute atomic E-state index is 0.0470. The molecule has 4 atom stereocenters. The zero-order valence-corrected chi connectivity index (χ0v) is 24.1. The van der Waals surface area contributed by atoms with Gasteiger partial charge in [-0.3, -0.25) is 9.69 Å². The van der Waals surface area contributed by atoms with E-state index in [1.165, 1.54) is 0 Å². The number of carbonyl (C=O) groups excluding carboxylic acids is 1. The van der Waals surface area contributed by atoms with E-state index >= 15 is 0 Å². The number of aryl methyl sites for hydroxylation is 1. The van der Waals surface area contributed by atoms with Crippen LogP contribution in [0, 0.1) is 12.8 Å². The van der Waals surface area contributed by atoms with Gasteiger partial charge in [0.1, 0.15) is 17.6 Å². The quantitative estimate of drug-likeness (QED) is 0.423. The number of carboxylic acid groups (broad SMARTS) is 1. The van der Waals surface area contributed by atoms with Crippen LogP contribution in [0.4, 0.5) is 10.5 Å². The number of carboxylic acids is 1. The number of aliphatic carboxylic acids is 1. The molecule has 7 nitrogen and oxygen atoms in total. The summed E-state index contributed by atoms with van der Waals surface area (Å²) in [5, 5.41) is 11.2. The van der Waals surface area contributed by atoms with Gasteiger partial charge in [0.25, 0.3) is 0 Å². The number of benzene rings is 2. The molecule has 2 bridgehead atoms. The zero-order chi connectivity index (χ0) is 28.1. The Kier molecular flexibility index (Phi) is 7.51. The highest BCUT2D eigenvalue weighted by molar-refractivity contribution is 6.37. The Morgan fingerprint density at radius 2 is 1.69 bits per heavy atom. The second-order valence-corrected chi connectivity index (χ2v) is 12.4. The highest BCUT2D eigenvalue weighted by atomic mass is 35.5. The normalized spacial score (nSPS) is 24.5. The fraction of sp³-hybridized carbons (Fsp3) is 0.467. The molecule has 39 heavy (non-hydrogen) atoms. The molecule has 0 aromatic heterocycles. The summed E-state index contributed by atoms with van der Waals surface area (Å²) in [5.74, 6) is -1.22. The lowest BCUT2D eigenvalue weighted by Crippen LogP contribution is -2.50. The van der Waals surface area contributed by atoms with Crippen LogP contribution in [0.5, 0.6) is 5.75 Å². The monoisotopic (exact) mass is 572 g/mol. The molecule has 1 unspecified atom stereocenters. The summed E-state index contributed by atoms with van der Waals surface area (Å²) in [6.45, 7) is 8.89. The van der Waals surface area contributed by atoms with Crippen LogP contribution in [0.2, 0.25) is 10.0 Å². The topological polar surface area (TPSA) is 79.3 Å². The number of fused-ring (bicyclic) bond motifs is 2. The van der Waals surface area contributed by atoms with Gasteiger partial charge in [0, 0.05) is 18.7 Å². The molecule has 2 fully saturated rings. The number of halogens is 2. The Hall–Kier alpha value is -2.90. The predicted molar refractivity (Wildman–Crippen MR) is 153 cm³/mol. The fourth-order valence-corrected chi connectivity index (χ4v) is 6.61. The van der Waals surface area contributed by atoms with Crippen molar-refractivity contribution in [2.75, 3.05) is 18.0 Å². The molecule has 9 heteroatoms. The Labute approximate surface area is 239 Å². The lowest BCUT2D eigenvalue weighted by atomic mass is 9.84. The molecule has 1 N–H and O–H groups in total. The second-order valence-electron chi connectivity index (χ2n) is 11.6. The number of hydrogen-bond donors (Lipinski definition) is 1. The predicted octanol–water partition coefficient (Wildman–Crippen LogP) is 6.83. The number of carbonyl (C=O) groups is 2. The van der Waals surface area contributed by atoms with E-state index in [1.807, 2.05) is 70.2 Å². The molecule has 3 aliphatic heterocycles. The van der Waals surface area contributed by atoms with Crippen molar-refractivity contribution in [1.82, 2.24) is 4.90 Å². The van der Waals surface area contributed by atoms with Gasteiger partial charge in [-0.15, -0.1) is 0 Å². The van der Waals surface area contributed by atoms with Gasteiger partial charge in [-0.2, -0.15) is 0 Å². The third-order valence-electron chi connectivity index (χ3n) is 7.57. The van der Waals surface area contributed by atoms with E-state index in [9.17, 15) is 14.7 Å². The maximum absolute atomic E-state index is 12.9. The summed E-state index contributed by atoms with van der Waals surface area (Å²) >= 11 is 12.7. The number of rotatable bonds is 5.